The van der Waals surface area contributed by atoms with Gasteiger partial charge in [-0.25, -0.2) is 9.37 Å². The van der Waals surface area contributed by atoms with Crippen LogP contribution in [0.3, 0.4) is 0 Å². The fraction of sp³-hybridized carbons (Fsp3) is 0.522. The van der Waals surface area contributed by atoms with E-state index in [4.69, 9.17) is 14.9 Å². The summed E-state index contributed by atoms with van der Waals surface area (Å²) in [6.45, 7) is 5.41. The van der Waals surface area contributed by atoms with Crippen LogP contribution >= 0.6 is 0 Å². The maximum atomic E-state index is 14.2. The second kappa shape index (κ2) is 10.2. The van der Waals surface area contributed by atoms with Crippen LogP contribution in [0.25, 0.3) is 0 Å². The standard InChI is InChI=1S/C23H31FN6O2/c1-15(16-3-7-26-8-4-16)30-14-18(13-28-30)29-21-6-10-32-9-5-19(21)22(25)17-11-20(24)23(31-2)27-12-17/h11-16,25-26,29H,3-10H2,1-2H3. The molecule has 8 nitrogen and oxygen atoms in total. The van der Waals surface area contributed by atoms with Gasteiger partial charge < -0.3 is 20.1 Å². The molecule has 0 spiro atoms. The van der Waals surface area contributed by atoms with Crippen molar-refractivity contribution in [1.29, 1.82) is 5.41 Å². The zero-order valence-corrected chi connectivity index (χ0v) is 18.7. The summed E-state index contributed by atoms with van der Waals surface area (Å²) in [5.74, 6) is -0.0491. The molecule has 2 aliphatic rings. The van der Waals surface area contributed by atoms with E-state index < -0.39 is 5.82 Å². The highest BCUT2D eigenvalue weighted by Crippen LogP contribution is 2.28. The summed E-state index contributed by atoms with van der Waals surface area (Å²) in [6.07, 6.45) is 8.83. The number of pyridine rings is 1. The van der Waals surface area contributed by atoms with Crippen LogP contribution in [0.2, 0.25) is 0 Å². The molecule has 1 saturated heterocycles. The van der Waals surface area contributed by atoms with E-state index in [0.29, 0.717) is 43.6 Å². The predicted octanol–water partition coefficient (Wildman–Crippen LogP) is 3.53. The monoisotopic (exact) mass is 442 g/mol. The molecule has 1 fully saturated rings. The molecule has 2 aliphatic heterocycles. The summed E-state index contributed by atoms with van der Waals surface area (Å²) < 4.78 is 26.8. The Labute approximate surface area is 187 Å². The molecule has 0 amide bonds. The third-order valence-electron chi connectivity index (χ3n) is 6.33. The Morgan fingerprint density at radius 2 is 2.09 bits per heavy atom. The lowest BCUT2D eigenvalue weighted by Crippen LogP contribution is -2.31. The van der Waals surface area contributed by atoms with Crippen molar-refractivity contribution in [3.05, 3.63) is 47.3 Å². The van der Waals surface area contributed by atoms with E-state index in [-0.39, 0.29) is 11.6 Å². The van der Waals surface area contributed by atoms with Gasteiger partial charge in [0.05, 0.1) is 44.0 Å². The van der Waals surface area contributed by atoms with Crippen molar-refractivity contribution in [2.24, 2.45) is 5.92 Å². The van der Waals surface area contributed by atoms with Crippen LogP contribution in [-0.4, -0.2) is 53.9 Å². The largest absolute Gasteiger partial charge is 0.479 e. The minimum absolute atomic E-state index is 0.0756. The molecule has 1 unspecified atom stereocenters. The third-order valence-corrected chi connectivity index (χ3v) is 6.33. The Kier molecular flexibility index (Phi) is 7.16. The van der Waals surface area contributed by atoms with Crippen LogP contribution in [-0.2, 0) is 4.74 Å². The highest BCUT2D eigenvalue weighted by Gasteiger charge is 2.23. The van der Waals surface area contributed by atoms with E-state index in [9.17, 15) is 4.39 Å². The minimum atomic E-state index is -0.581. The number of hydrogen-bond acceptors (Lipinski definition) is 7. The number of rotatable bonds is 7. The molecule has 9 heteroatoms. The van der Waals surface area contributed by atoms with Gasteiger partial charge in [0, 0.05) is 30.1 Å². The van der Waals surface area contributed by atoms with Crippen molar-refractivity contribution in [3.63, 3.8) is 0 Å². The fourth-order valence-corrected chi connectivity index (χ4v) is 4.39. The maximum absolute atomic E-state index is 14.2. The second-order valence-corrected chi connectivity index (χ2v) is 8.32. The number of halogens is 1. The Hall–Kier alpha value is -2.78. The number of ether oxygens (including phenoxy) is 2. The summed E-state index contributed by atoms with van der Waals surface area (Å²) in [4.78, 5) is 3.98. The molecule has 2 aromatic heterocycles. The lowest BCUT2D eigenvalue weighted by Gasteiger charge is -2.28. The SMILES string of the molecule is COc1ncc(C(=N)C2=C(Nc3cnn(C(C)C4CCNCC4)c3)CCOCC2)cc1F. The summed E-state index contributed by atoms with van der Waals surface area (Å²) >= 11 is 0. The van der Waals surface area contributed by atoms with E-state index >= 15 is 0 Å². The second-order valence-electron chi connectivity index (χ2n) is 8.32. The number of piperidine rings is 1. The molecule has 0 bridgehead atoms. The summed E-state index contributed by atoms with van der Waals surface area (Å²) in [5.41, 5.74) is 3.23. The Balaban J connectivity index is 1.55. The van der Waals surface area contributed by atoms with Gasteiger partial charge in [-0.05, 0) is 56.8 Å². The van der Waals surface area contributed by atoms with Crippen LogP contribution in [0, 0.1) is 17.1 Å². The summed E-state index contributed by atoms with van der Waals surface area (Å²) in [6, 6.07) is 1.62. The topological polar surface area (TPSA) is 97.1 Å². The van der Waals surface area contributed by atoms with Gasteiger partial charge in [0.25, 0.3) is 0 Å². The van der Waals surface area contributed by atoms with Gasteiger partial charge in [-0.3, -0.25) is 10.1 Å². The molecule has 32 heavy (non-hydrogen) atoms. The normalized spacial score (nSPS) is 18.8. The first-order chi connectivity index (χ1) is 15.6. The molecular weight excluding hydrogens is 411 g/mol. The average Bonchev–Trinajstić information content (AvgIpc) is 3.16. The molecule has 0 radical (unpaired) electrons. The Morgan fingerprint density at radius 1 is 1.31 bits per heavy atom. The Bertz CT molecular complexity index is 983. The van der Waals surface area contributed by atoms with E-state index in [2.05, 4.69) is 27.6 Å². The molecule has 4 rings (SSSR count). The first-order valence-electron chi connectivity index (χ1n) is 11.2. The first kappa shape index (κ1) is 22.4. The van der Waals surface area contributed by atoms with Gasteiger partial charge in [-0.15, -0.1) is 0 Å². The average molecular weight is 443 g/mol. The Morgan fingerprint density at radius 3 is 2.84 bits per heavy atom. The minimum Gasteiger partial charge on any atom is -0.479 e. The van der Waals surface area contributed by atoms with Crippen molar-refractivity contribution < 1.29 is 13.9 Å². The molecule has 0 aliphatic carbocycles. The van der Waals surface area contributed by atoms with Gasteiger partial charge >= 0.3 is 0 Å². The van der Waals surface area contributed by atoms with E-state index in [0.717, 1.165) is 42.9 Å². The first-order valence-corrected chi connectivity index (χ1v) is 11.2. The van der Waals surface area contributed by atoms with Crippen molar-refractivity contribution >= 4 is 11.4 Å². The predicted molar refractivity (Wildman–Crippen MR) is 121 cm³/mol. The molecule has 3 N–H and O–H groups in total. The molecule has 172 valence electrons. The van der Waals surface area contributed by atoms with Gasteiger partial charge in [-0.2, -0.15) is 5.10 Å². The van der Waals surface area contributed by atoms with Crippen LogP contribution in [0.15, 0.2) is 35.9 Å². The van der Waals surface area contributed by atoms with Gasteiger partial charge in [0.1, 0.15) is 0 Å². The van der Waals surface area contributed by atoms with E-state index in [1.54, 1.807) is 0 Å². The number of nitrogens with one attached hydrogen (secondary N) is 3. The molecule has 1 atom stereocenters. The number of nitrogens with zero attached hydrogens (tertiary/aromatic N) is 3. The molecule has 0 aromatic carbocycles. The zero-order chi connectivity index (χ0) is 22.5. The van der Waals surface area contributed by atoms with Crippen LogP contribution in [0.1, 0.15) is 44.2 Å². The fourth-order valence-electron chi connectivity index (χ4n) is 4.39. The van der Waals surface area contributed by atoms with Crippen LogP contribution in [0.5, 0.6) is 5.88 Å². The number of anilines is 1. The lowest BCUT2D eigenvalue weighted by atomic mass is 9.91. The summed E-state index contributed by atoms with van der Waals surface area (Å²) in [7, 11) is 1.37. The lowest BCUT2D eigenvalue weighted by molar-refractivity contribution is 0.146. The highest BCUT2D eigenvalue weighted by molar-refractivity contribution is 6.11. The van der Waals surface area contributed by atoms with E-state index in [1.165, 1.54) is 19.4 Å². The van der Waals surface area contributed by atoms with Gasteiger partial charge in [0.2, 0.25) is 5.88 Å². The zero-order valence-electron chi connectivity index (χ0n) is 18.7. The van der Waals surface area contributed by atoms with Gasteiger partial charge in [0.15, 0.2) is 5.82 Å². The highest BCUT2D eigenvalue weighted by atomic mass is 19.1. The van der Waals surface area contributed by atoms with Crippen LogP contribution < -0.4 is 15.4 Å². The number of aromatic nitrogens is 3. The quantitative estimate of drug-likeness (QED) is 0.568. The summed E-state index contributed by atoms with van der Waals surface area (Å²) in [5, 5.41) is 20.2. The van der Waals surface area contributed by atoms with Crippen LogP contribution in [0.4, 0.5) is 10.1 Å². The number of hydrogen-bond donors (Lipinski definition) is 3. The maximum Gasteiger partial charge on any atom is 0.250 e. The van der Waals surface area contributed by atoms with Crippen molar-refractivity contribution in [1.82, 2.24) is 20.1 Å². The molecule has 2 aromatic rings. The third kappa shape index (κ3) is 4.99. The molecule has 0 saturated carbocycles. The number of methoxy groups -OCH3 is 1. The van der Waals surface area contributed by atoms with Crippen molar-refractivity contribution in [3.8, 4) is 5.88 Å². The van der Waals surface area contributed by atoms with Crippen molar-refractivity contribution in [2.75, 3.05) is 38.7 Å². The van der Waals surface area contributed by atoms with Crippen molar-refractivity contribution in [2.45, 2.75) is 38.6 Å². The smallest absolute Gasteiger partial charge is 0.250 e. The van der Waals surface area contributed by atoms with Gasteiger partial charge in [-0.1, -0.05) is 0 Å². The molecular formula is C23H31FN6O2. The molecule has 4 heterocycles. The van der Waals surface area contributed by atoms with E-state index in [1.807, 2.05) is 17.1 Å².